The lowest BCUT2D eigenvalue weighted by Crippen LogP contribution is -2.44. The molecule has 0 aliphatic heterocycles. The Morgan fingerprint density at radius 2 is 1.78 bits per heavy atom. The van der Waals surface area contributed by atoms with Gasteiger partial charge in [0.2, 0.25) is 0 Å². The Kier molecular flexibility index (Phi) is 4.25. The number of aliphatic hydroxyl groups is 1. The van der Waals surface area contributed by atoms with Crippen molar-refractivity contribution in [3.8, 4) is 5.75 Å². The fourth-order valence-electron chi connectivity index (χ4n) is 2.28. The first-order chi connectivity index (χ1) is 8.54. The molecule has 0 radical (unpaired) electrons. The summed E-state index contributed by atoms with van der Waals surface area (Å²) in [5.41, 5.74) is 1.26. The highest BCUT2D eigenvalue weighted by Crippen LogP contribution is 2.24. The van der Waals surface area contributed by atoms with Crippen molar-refractivity contribution in [2.24, 2.45) is 0 Å². The molecule has 1 aliphatic rings. The molecule has 0 aromatic heterocycles. The highest BCUT2D eigenvalue weighted by molar-refractivity contribution is 5.29. The van der Waals surface area contributed by atoms with E-state index in [1.165, 1.54) is 5.56 Å². The number of nitrogens with one attached hydrogen (secondary N) is 1. The van der Waals surface area contributed by atoms with Gasteiger partial charge in [-0.1, -0.05) is 12.1 Å². The van der Waals surface area contributed by atoms with Crippen molar-refractivity contribution in [3.05, 3.63) is 29.8 Å². The first-order valence-electron chi connectivity index (χ1n) is 6.75. The molecule has 1 aromatic rings. The van der Waals surface area contributed by atoms with Crippen LogP contribution in [-0.4, -0.2) is 23.4 Å². The van der Waals surface area contributed by atoms with Gasteiger partial charge in [0.05, 0.1) is 12.2 Å². The summed E-state index contributed by atoms with van der Waals surface area (Å²) in [5.74, 6) is 0.917. The Bertz CT molecular complexity index is 369. The molecule has 1 atom stereocenters. The number of hydrogen-bond acceptors (Lipinski definition) is 3. The van der Waals surface area contributed by atoms with Crippen molar-refractivity contribution >= 4 is 0 Å². The molecule has 1 fully saturated rings. The molecule has 0 heterocycles. The summed E-state index contributed by atoms with van der Waals surface area (Å²) in [6, 6.07) is 9.01. The average molecular weight is 249 g/mol. The minimum absolute atomic E-state index is 0.100. The standard InChI is InChI=1S/C15H23NO2/c1-10(2)18-15-6-4-12(5-7-15)11(3)16-13-8-14(17)9-13/h4-7,10-11,13-14,16-17H,8-9H2,1-3H3. The van der Waals surface area contributed by atoms with E-state index in [1.54, 1.807) is 0 Å². The number of ether oxygens (including phenoxy) is 1. The molecule has 3 nitrogen and oxygen atoms in total. The summed E-state index contributed by atoms with van der Waals surface area (Å²) in [6.07, 6.45) is 1.86. The topological polar surface area (TPSA) is 41.5 Å². The van der Waals surface area contributed by atoms with E-state index in [2.05, 4.69) is 24.4 Å². The normalized spacial score (nSPS) is 24.7. The Hall–Kier alpha value is -1.06. The molecule has 1 saturated carbocycles. The number of benzene rings is 1. The molecule has 2 rings (SSSR count). The van der Waals surface area contributed by atoms with Gasteiger partial charge < -0.3 is 15.2 Å². The predicted molar refractivity (Wildman–Crippen MR) is 72.8 cm³/mol. The van der Waals surface area contributed by atoms with E-state index in [0.717, 1.165) is 18.6 Å². The Balaban J connectivity index is 1.88. The minimum Gasteiger partial charge on any atom is -0.491 e. The smallest absolute Gasteiger partial charge is 0.119 e. The van der Waals surface area contributed by atoms with Crippen LogP contribution in [0.25, 0.3) is 0 Å². The summed E-state index contributed by atoms with van der Waals surface area (Å²) in [6.45, 7) is 6.21. The Morgan fingerprint density at radius 1 is 1.17 bits per heavy atom. The van der Waals surface area contributed by atoms with E-state index in [0.29, 0.717) is 12.1 Å². The van der Waals surface area contributed by atoms with Crippen LogP contribution >= 0.6 is 0 Å². The molecule has 2 N–H and O–H groups in total. The maximum Gasteiger partial charge on any atom is 0.119 e. The quantitative estimate of drug-likeness (QED) is 0.843. The molecular formula is C15H23NO2. The van der Waals surface area contributed by atoms with Crippen molar-refractivity contribution < 1.29 is 9.84 Å². The number of rotatable bonds is 5. The van der Waals surface area contributed by atoms with Gasteiger partial charge in [0.15, 0.2) is 0 Å². The Labute approximate surface area is 109 Å². The van der Waals surface area contributed by atoms with Gasteiger partial charge in [-0.15, -0.1) is 0 Å². The number of hydrogen-bond donors (Lipinski definition) is 2. The van der Waals surface area contributed by atoms with Crippen molar-refractivity contribution in [1.82, 2.24) is 5.32 Å². The van der Waals surface area contributed by atoms with Gasteiger partial charge in [-0.05, 0) is 51.3 Å². The van der Waals surface area contributed by atoms with Crippen molar-refractivity contribution in [1.29, 1.82) is 0 Å². The van der Waals surface area contributed by atoms with Crippen LogP contribution in [0.3, 0.4) is 0 Å². The van der Waals surface area contributed by atoms with Crippen LogP contribution in [0.15, 0.2) is 24.3 Å². The molecule has 1 aromatic carbocycles. The molecule has 3 heteroatoms. The zero-order chi connectivity index (χ0) is 13.1. The monoisotopic (exact) mass is 249 g/mol. The van der Waals surface area contributed by atoms with Crippen LogP contribution in [0.2, 0.25) is 0 Å². The van der Waals surface area contributed by atoms with E-state index >= 15 is 0 Å². The zero-order valence-corrected chi connectivity index (χ0v) is 11.4. The molecule has 0 spiro atoms. The molecule has 0 saturated heterocycles. The fraction of sp³-hybridized carbons (Fsp3) is 0.600. The minimum atomic E-state index is -0.100. The van der Waals surface area contributed by atoms with Crippen LogP contribution in [-0.2, 0) is 0 Å². The molecule has 1 unspecified atom stereocenters. The summed E-state index contributed by atoms with van der Waals surface area (Å²) < 4.78 is 5.62. The van der Waals surface area contributed by atoms with Gasteiger partial charge >= 0.3 is 0 Å². The molecule has 0 amide bonds. The third-order valence-electron chi connectivity index (χ3n) is 3.35. The van der Waals surface area contributed by atoms with Crippen LogP contribution in [0.5, 0.6) is 5.75 Å². The van der Waals surface area contributed by atoms with Gasteiger partial charge in [-0.25, -0.2) is 0 Å². The number of aliphatic hydroxyl groups excluding tert-OH is 1. The Morgan fingerprint density at radius 3 is 2.28 bits per heavy atom. The lowest BCUT2D eigenvalue weighted by molar-refractivity contribution is 0.0586. The van der Waals surface area contributed by atoms with Crippen molar-refractivity contribution in [3.63, 3.8) is 0 Å². The fourth-order valence-corrected chi connectivity index (χ4v) is 2.28. The highest BCUT2D eigenvalue weighted by Gasteiger charge is 2.28. The zero-order valence-electron chi connectivity index (χ0n) is 11.4. The van der Waals surface area contributed by atoms with E-state index in [4.69, 9.17) is 4.74 Å². The molecular weight excluding hydrogens is 226 g/mol. The molecule has 1 aliphatic carbocycles. The summed E-state index contributed by atoms with van der Waals surface area (Å²) in [4.78, 5) is 0. The predicted octanol–water partition coefficient (Wildman–Crippen LogP) is 2.65. The SMILES string of the molecule is CC(C)Oc1ccc(C(C)NC2CC(O)C2)cc1. The third-order valence-corrected chi connectivity index (χ3v) is 3.35. The van der Waals surface area contributed by atoms with E-state index in [-0.39, 0.29) is 12.2 Å². The van der Waals surface area contributed by atoms with Gasteiger partial charge in [-0.3, -0.25) is 0 Å². The van der Waals surface area contributed by atoms with Gasteiger partial charge in [0, 0.05) is 12.1 Å². The summed E-state index contributed by atoms with van der Waals surface area (Å²) >= 11 is 0. The largest absolute Gasteiger partial charge is 0.491 e. The second-order valence-electron chi connectivity index (χ2n) is 5.45. The summed E-state index contributed by atoms with van der Waals surface area (Å²) in [5, 5.41) is 12.8. The average Bonchev–Trinajstić information content (AvgIpc) is 2.27. The van der Waals surface area contributed by atoms with E-state index in [9.17, 15) is 5.11 Å². The molecule has 0 bridgehead atoms. The van der Waals surface area contributed by atoms with Gasteiger partial charge in [0.1, 0.15) is 5.75 Å². The second-order valence-corrected chi connectivity index (χ2v) is 5.45. The van der Waals surface area contributed by atoms with Gasteiger partial charge in [-0.2, -0.15) is 0 Å². The first kappa shape index (κ1) is 13.4. The van der Waals surface area contributed by atoms with Crippen LogP contribution in [0.4, 0.5) is 0 Å². The van der Waals surface area contributed by atoms with Crippen LogP contribution in [0, 0.1) is 0 Å². The lowest BCUT2D eigenvalue weighted by Gasteiger charge is -2.34. The molecule has 18 heavy (non-hydrogen) atoms. The third kappa shape index (κ3) is 3.47. The van der Waals surface area contributed by atoms with Crippen LogP contribution < -0.4 is 10.1 Å². The lowest BCUT2D eigenvalue weighted by atomic mass is 9.88. The van der Waals surface area contributed by atoms with E-state index < -0.39 is 0 Å². The first-order valence-corrected chi connectivity index (χ1v) is 6.75. The van der Waals surface area contributed by atoms with Crippen molar-refractivity contribution in [2.45, 2.75) is 57.9 Å². The molecule has 100 valence electrons. The maximum atomic E-state index is 9.27. The van der Waals surface area contributed by atoms with Crippen LogP contribution in [0.1, 0.15) is 45.2 Å². The van der Waals surface area contributed by atoms with Gasteiger partial charge in [0.25, 0.3) is 0 Å². The van der Waals surface area contributed by atoms with E-state index in [1.807, 2.05) is 26.0 Å². The maximum absolute atomic E-state index is 9.27. The highest BCUT2D eigenvalue weighted by atomic mass is 16.5. The second kappa shape index (κ2) is 5.72. The summed E-state index contributed by atoms with van der Waals surface area (Å²) in [7, 11) is 0. The van der Waals surface area contributed by atoms with Crippen molar-refractivity contribution in [2.75, 3.05) is 0 Å².